The summed E-state index contributed by atoms with van der Waals surface area (Å²) in [6.45, 7) is 1.53. The summed E-state index contributed by atoms with van der Waals surface area (Å²) in [4.78, 5) is 11.0. The Morgan fingerprint density at radius 1 is 1.44 bits per heavy atom. The van der Waals surface area contributed by atoms with E-state index in [0.29, 0.717) is 0 Å². The molecule has 0 saturated heterocycles. The molecule has 0 N–H and O–H groups in total. The van der Waals surface area contributed by atoms with Crippen molar-refractivity contribution in [3.05, 3.63) is 34.3 Å². The summed E-state index contributed by atoms with van der Waals surface area (Å²) in [5, 5.41) is 0.0179. The molecule has 0 aliphatic heterocycles. The Balaban J connectivity index is 3.25. The van der Waals surface area contributed by atoms with Crippen LogP contribution in [-0.4, -0.2) is 10.6 Å². The summed E-state index contributed by atoms with van der Waals surface area (Å²) in [5.74, 6) is -0.476. The van der Waals surface area contributed by atoms with Crippen LogP contribution in [0.15, 0.2) is 18.2 Å². The predicted octanol–water partition coefficient (Wildman–Crippen LogP) is 4.32. The van der Waals surface area contributed by atoms with Crippen molar-refractivity contribution in [1.29, 1.82) is 0 Å². The first-order valence-electron chi connectivity index (χ1n) is 4.28. The van der Waals surface area contributed by atoms with Gasteiger partial charge in [0.2, 0.25) is 0 Å². The smallest absolute Gasteiger partial charge is 0.293 e. The molecule has 6 heteroatoms. The van der Waals surface area contributed by atoms with E-state index in [-0.39, 0.29) is 10.6 Å². The van der Waals surface area contributed by atoms with Gasteiger partial charge < -0.3 is 0 Å². The summed E-state index contributed by atoms with van der Waals surface area (Å²) < 4.78 is 37.2. The topological polar surface area (TPSA) is 17.1 Å². The molecule has 1 aromatic carbocycles. The van der Waals surface area contributed by atoms with Crippen molar-refractivity contribution >= 4 is 33.3 Å². The Labute approximate surface area is 104 Å². The van der Waals surface area contributed by atoms with Crippen molar-refractivity contribution in [2.75, 3.05) is 0 Å². The lowest BCUT2D eigenvalue weighted by Crippen LogP contribution is -2.13. The minimum Gasteiger partial charge on any atom is -0.293 e. The molecule has 1 aromatic rings. The molecule has 0 aliphatic carbocycles. The number of benzene rings is 1. The van der Waals surface area contributed by atoms with E-state index >= 15 is 0 Å². The fourth-order valence-corrected chi connectivity index (χ4v) is 1.56. The highest BCUT2D eigenvalue weighted by atomic mass is 79.9. The molecule has 0 heterocycles. The van der Waals surface area contributed by atoms with Gasteiger partial charge in [-0.3, -0.25) is 4.79 Å². The van der Waals surface area contributed by atoms with E-state index in [1.165, 1.54) is 6.92 Å². The molecule has 16 heavy (non-hydrogen) atoms. The van der Waals surface area contributed by atoms with E-state index in [9.17, 15) is 18.0 Å². The van der Waals surface area contributed by atoms with Gasteiger partial charge in [-0.2, -0.15) is 13.2 Å². The number of rotatable bonds is 2. The number of Topliss-reactive ketones (excluding diaryl/α,β-unsaturated/α-hetero) is 1. The second kappa shape index (κ2) is 4.75. The molecule has 0 radical (unpaired) electrons. The lowest BCUT2D eigenvalue weighted by molar-refractivity contribution is -0.137. The maximum Gasteiger partial charge on any atom is 0.416 e. The molecule has 1 atom stereocenters. The number of alkyl halides is 4. The molecule has 1 rings (SSSR count). The minimum absolute atomic E-state index is 0.0179. The zero-order valence-electron chi connectivity index (χ0n) is 8.11. The maximum atomic E-state index is 12.4. The minimum atomic E-state index is -4.48. The SMILES string of the molecule is CC(Br)C(=O)c1cc(C(F)(F)F)ccc1Cl. The van der Waals surface area contributed by atoms with E-state index in [1.807, 2.05) is 0 Å². The fourth-order valence-electron chi connectivity index (χ4n) is 1.10. The van der Waals surface area contributed by atoms with Crippen LogP contribution in [0.25, 0.3) is 0 Å². The molecule has 0 bridgehead atoms. The van der Waals surface area contributed by atoms with Crippen LogP contribution in [0.1, 0.15) is 22.8 Å². The Hall–Kier alpha value is -0.550. The summed E-state index contributed by atoms with van der Waals surface area (Å²) in [5.41, 5.74) is -1.01. The summed E-state index contributed by atoms with van der Waals surface area (Å²) in [6.07, 6.45) is -4.48. The van der Waals surface area contributed by atoms with Crippen molar-refractivity contribution in [2.24, 2.45) is 0 Å². The molecule has 0 spiro atoms. The molecular weight excluding hydrogens is 308 g/mol. The third kappa shape index (κ3) is 2.98. The van der Waals surface area contributed by atoms with Crippen molar-refractivity contribution < 1.29 is 18.0 Å². The van der Waals surface area contributed by atoms with E-state index in [4.69, 9.17) is 11.6 Å². The maximum absolute atomic E-state index is 12.4. The van der Waals surface area contributed by atoms with Crippen LogP contribution >= 0.6 is 27.5 Å². The monoisotopic (exact) mass is 314 g/mol. The van der Waals surface area contributed by atoms with Crippen molar-refractivity contribution in [3.8, 4) is 0 Å². The van der Waals surface area contributed by atoms with Gasteiger partial charge >= 0.3 is 6.18 Å². The molecule has 0 amide bonds. The average molecular weight is 316 g/mol. The first kappa shape index (κ1) is 13.5. The zero-order chi connectivity index (χ0) is 12.5. The molecule has 0 fully saturated rings. The predicted molar refractivity (Wildman–Crippen MR) is 59.2 cm³/mol. The molecule has 1 unspecified atom stereocenters. The van der Waals surface area contributed by atoms with Gasteiger partial charge in [-0.05, 0) is 25.1 Å². The molecule has 0 aliphatic rings. The Kier molecular flexibility index (Phi) is 4.02. The van der Waals surface area contributed by atoms with Gasteiger partial charge in [0.1, 0.15) is 0 Å². The van der Waals surface area contributed by atoms with Crippen molar-refractivity contribution in [2.45, 2.75) is 17.9 Å². The third-order valence-electron chi connectivity index (χ3n) is 1.92. The number of hydrogen-bond acceptors (Lipinski definition) is 1. The number of carbonyl (C=O) groups is 1. The summed E-state index contributed by atoms with van der Waals surface area (Å²) in [7, 11) is 0. The highest BCUT2D eigenvalue weighted by Crippen LogP contribution is 2.32. The second-order valence-corrected chi connectivity index (χ2v) is 4.95. The van der Waals surface area contributed by atoms with Gasteiger partial charge in [0.25, 0.3) is 0 Å². The van der Waals surface area contributed by atoms with Crippen LogP contribution in [0.5, 0.6) is 0 Å². The molecule has 0 saturated carbocycles. The molecule has 88 valence electrons. The normalized spacial score (nSPS) is 13.6. The number of carbonyl (C=O) groups excluding carboxylic acids is 1. The number of ketones is 1. The van der Waals surface area contributed by atoms with Crippen molar-refractivity contribution in [3.63, 3.8) is 0 Å². The fraction of sp³-hybridized carbons (Fsp3) is 0.300. The Morgan fingerprint density at radius 3 is 2.44 bits per heavy atom. The summed E-state index contributed by atoms with van der Waals surface area (Å²) in [6, 6.07) is 2.69. The third-order valence-corrected chi connectivity index (χ3v) is 2.67. The molecule has 0 aromatic heterocycles. The quantitative estimate of drug-likeness (QED) is 0.586. The van der Waals surface area contributed by atoms with Crippen molar-refractivity contribution in [1.82, 2.24) is 0 Å². The summed E-state index contributed by atoms with van der Waals surface area (Å²) >= 11 is 8.67. The van der Waals surface area contributed by atoms with E-state index in [1.54, 1.807) is 0 Å². The first-order chi connectivity index (χ1) is 7.23. The average Bonchev–Trinajstić information content (AvgIpc) is 2.15. The van der Waals surface area contributed by atoms with E-state index in [0.717, 1.165) is 18.2 Å². The van der Waals surface area contributed by atoms with Crippen LogP contribution in [0.2, 0.25) is 5.02 Å². The van der Waals surface area contributed by atoms with Gasteiger partial charge in [0, 0.05) is 5.56 Å². The van der Waals surface area contributed by atoms with Crippen LogP contribution in [0.3, 0.4) is 0 Å². The van der Waals surface area contributed by atoms with Gasteiger partial charge in [-0.15, -0.1) is 0 Å². The number of hydrogen-bond donors (Lipinski definition) is 0. The van der Waals surface area contributed by atoms with Gasteiger partial charge in [-0.1, -0.05) is 27.5 Å². The van der Waals surface area contributed by atoms with E-state index in [2.05, 4.69) is 15.9 Å². The van der Waals surface area contributed by atoms with Crippen LogP contribution < -0.4 is 0 Å². The molecule has 1 nitrogen and oxygen atoms in total. The van der Waals surface area contributed by atoms with Gasteiger partial charge in [-0.25, -0.2) is 0 Å². The first-order valence-corrected chi connectivity index (χ1v) is 5.58. The van der Waals surface area contributed by atoms with Crippen LogP contribution in [-0.2, 0) is 6.18 Å². The van der Waals surface area contributed by atoms with Gasteiger partial charge in [0.05, 0.1) is 15.4 Å². The Bertz CT molecular complexity index is 415. The lowest BCUT2D eigenvalue weighted by atomic mass is 10.1. The lowest BCUT2D eigenvalue weighted by Gasteiger charge is -2.10. The zero-order valence-corrected chi connectivity index (χ0v) is 10.4. The molecular formula is C10H7BrClF3O. The van der Waals surface area contributed by atoms with Gasteiger partial charge in [0.15, 0.2) is 5.78 Å². The Morgan fingerprint density at radius 2 is 2.00 bits per heavy atom. The van der Waals surface area contributed by atoms with Crippen LogP contribution in [0.4, 0.5) is 13.2 Å². The highest BCUT2D eigenvalue weighted by molar-refractivity contribution is 9.10. The largest absolute Gasteiger partial charge is 0.416 e. The second-order valence-electron chi connectivity index (χ2n) is 3.17. The van der Waals surface area contributed by atoms with Crippen LogP contribution in [0, 0.1) is 0 Å². The highest BCUT2D eigenvalue weighted by Gasteiger charge is 2.31. The number of halogens is 5. The standard InChI is InChI=1S/C10H7BrClF3O/c1-5(11)9(16)7-4-6(10(13,14)15)2-3-8(7)12/h2-5H,1H3. The van der Waals surface area contributed by atoms with E-state index < -0.39 is 22.4 Å².